The lowest BCUT2D eigenvalue weighted by Crippen LogP contribution is -2.33. The van der Waals surface area contributed by atoms with Gasteiger partial charge in [0.05, 0.1) is 17.3 Å². The van der Waals surface area contributed by atoms with Gasteiger partial charge in [0.25, 0.3) is 5.91 Å². The van der Waals surface area contributed by atoms with Crippen LogP contribution in [0.5, 0.6) is 5.75 Å². The van der Waals surface area contributed by atoms with Crippen molar-refractivity contribution in [3.63, 3.8) is 0 Å². The SMILES string of the molecule is C[C@@H]1COc2c(sc3ccc4nc(-c5ccc(C6CCC(C7CCCC7)CC6)cc5)ccc4c23)C(=O)N1. The maximum Gasteiger partial charge on any atom is 0.265 e. The van der Waals surface area contributed by atoms with Gasteiger partial charge in [-0.3, -0.25) is 4.79 Å². The molecule has 190 valence electrons. The number of carbonyl (C=O) groups excluding carboxylic acids is 1. The van der Waals surface area contributed by atoms with Crippen LogP contribution in [0.1, 0.15) is 79.4 Å². The van der Waals surface area contributed by atoms with Crippen molar-refractivity contribution < 1.29 is 9.53 Å². The average Bonchev–Trinajstić information content (AvgIpc) is 3.58. The number of hydrogen-bond acceptors (Lipinski definition) is 4. The first-order valence-electron chi connectivity index (χ1n) is 14.0. The standard InChI is InChI=1S/C32H34N2O2S/c1-19-18-36-30-29-25-14-15-26(34-27(25)16-17-28(29)37-31(30)32(35)33-19)24-12-10-23(11-13-24)22-8-6-21(7-9-22)20-4-2-3-5-20/h10-17,19-22H,2-9,18H2,1H3,(H,33,35)/t19-,21?,22?/m1/s1. The molecule has 7 rings (SSSR count). The minimum absolute atomic E-state index is 0.00726. The maximum absolute atomic E-state index is 12.7. The third-order valence-electron chi connectivity index (χ3n) is 9.06. The third-order valence-corrected chi connectivity index (χ3v) is 10.2. The lowest BCUT2D eigenvalue weighted by Gasteiger charge is -2.32. The number of amides is 1. The Morgan fingerprint density at radius 3 is 2.43 bits per heavy atom. The summed E-state index contributed by atoms with van der Waals surface area (Å²) in [6, 6.07) is 17.5. The number of aromatic nitrogens is 1. The predicted molar refractivity (Wildman–Crippen MR) is 152 cm³/mol. The highest BCUT2D eigenvalue weighted by Crippen LogP contribution is 2.45. The lowest BCUT2D eigenvalue weighted by atomic mass is 9.73. The number of rotatable bonds is 3. The molecule has 5 heteroatoms. The van der Waals surface area contributed by atoms with Crippen LogP contribution in [0.2, 0.25) is 0 Å². The summed E-state index contributed by atoms with van der Waals surface area (Å²) in [5, 5.41) is 5.05. The summed E-state index contributed by atoms with van der Waals surface area (Å²) in [6.07, 6.45) is 11.4. The quantitative estimate of drug-likeness (QED) is 0.303. The number of benzene rings is 2. The van der Waals surface area contributed by atoms with Crippen molar-refractivity contribution in [3.05, 3.63) is 59.0 Å². The third kappa shape index (κ3) is 4.21. The molecule has 1 N–H and O–H groups in total. The molecule has 0 bridgehead atoms. The zero-order valence-electron chi connectivity index (χ0n) is 21.5. The number of hydrogen-bond donors (Lipinski definition) is 1. The van der Waals surface area contributed by atoms with Crippen molar-refractivity contribution in [2.24, 2.45) is 11.8 Å². The van der Waals surface area contributed by atoms with E-state index < -0.39 is 0 Å². The summed E-state index contributed by atoms with van der Waals surface area (Å²) in [5.74, 6) is 3.35. The van der Waals surface area contributed by atoms with E-state index in [1.54, 1.807) is 0 Å². The second-order valence-corrected chi connectivity index (χ2v) is 12.5. The molecular weight excluding hydrogens is 476 g/mol. The Morgan fingerprint density at radius 1 is 0.892 bits per heavy atom. The summed E-state index contributed by atoms with van der Waals surface area (Å²) >= 11 is 1.50. The molecule has 2 aromatic carbocycles. The minimum atomic E-state index is -0.0500. The van der Waals surface area contributed by atoms with Gasteiger partial charge in [0.1, 0.15) is 11.5 Å². The molecule has 0 radical (unpaired) electrons. The molecule has 3 aliphatic rings. The molecule has 2 aromatic heterocycles. The molecule has 4 aromatic rings. The van der Waals surface area contributed by atoms with E-state index in [9.17, 15) is 4.79 Å². The Hall–Kier alpha value is -2.92. The molecule has 3 heterocycles. The summed E-state index contributed by atoms with van der Waals surface area (Å²) in [5.41, 5.74) is 4.55. The molecule has 1 amide bonds. The van der Waals surface area contributed by atoms with E-state index in [2.05, 4.69) is 53.8 Å². The van der Waals surface area contributed by atoms with Crippen LogP contribution in [0.15, 0.2) is 48.5 Å². The van der Waals surface area contributed by atoms with Crippen LogP contribution in [-0.4, -0.2) is 23.5 Å². The second-order valence-electron chi connectivity index (χ2n) is 11.4. The highest BCUT2D eigenvalue weighted by Gasteiger charge is 2.30. The Labute approximate surface area is 222 Å². The first-order valence-corrected chi connectivity index (χ1v) is 14.9. The van der Waals surface area contributed by atoms with E-state index in [0.717, 1.165) is 44.1 Å². The van der Waals surface area contributed by atoms with Gasteiger partial charge in [-0.15, -0.1) is 11.3 Å². The Morgan fingerprint density at radius 2 is 1.65 bits per heavy atom. The van der Waals surface area contributed by atoms with Crippen LogP contribution in [-0.2, 0) is 0 Å². The molecule has 1 aliphatic heterocycles. The van der Waals surface area contributed by atoms with Crippen molar-refractivity contribution in [2.75, 3.05) is 6.61 Å². The molecule has 0 saturated heterocycles. The van der Waals surface area contributed by atoms with Gasteiger partial charge in [0, 0.05) is 21.0 Å². The first-order chi connectivity index (χ1) is 18.1. The molecular formula is C32H34N2O2S. The molecule has 2 saturated carbocycles. The number of thiophene rings is 1. The van der Waals surface area contributed by atoms with Gasteiger partial charge in [0.15, 0.2) is 5.75 Å². The fourth-order valence-electron chi connectivity index (χ4n) is 7.04. The molecule has 0 unspecified atom stereocenters. The summed E-state index contributed by atoms with van der Waals surface area (Å²) in [6.45, 7) is 2.44. The molecule has 37 heavy (non-hydrogen) atoms. The van der Waals surface area contributed by atoms with Crippen LogP contribution in [0.25, 0.3) is 32.2 Å². The van der Waals surface area contributed by atoms with Crippen LogP contribution >= 0.6 is 11.3 Å². The predicted octanol–water partition coefficient (Wildman–Crippen LogP) is 8.09. The van der Waals surface area contributed by atoms with E-state index in [1.807, 2.05) is 6.92 Å². The van der Waals surface area contributed by atoms with Crippen molar-refractivity contribution in [1.29, 1.82) is 0 Å². The number of pyridine rings is 1. The van der Waals surface area contributed by atoms with Crippen molar-refractivity contribution in [1.82, 2.24) is 10.3 Å². The topological polar surface area (TPSA) is 51.2 Å². The maximum atomic E-state index is 12.7. The average molecular weight is 511 g/mol. The zero-order valence-corrected chi connectivity index (χ0v) is 22.3. The van der Waals surface area contributed by atoms with Gasteiger partial charge in [-0.2, -0.15) is 0 Å². The van der Waals surface area contributed by atoms with Crippen LogP contribution in [0, 0.1) is 11.8 Å². The zero-order chi connectivity index (χ0) is 24.9. The fraction of sp³-hybridized carbons (Fsp3) is 0.438. The molecule has 2 aliphatic carbocycles. The van der Waals surface area contributed by atoms with Gasteiger partial charge in [-0.05, 0) is 80.2 Å². The number of nitrogens with zero attached hydrogens (tertiary/aromatic N) is 1. The van der Waals surface area contributed by atoms with E-state index in [4.69, 9.17) is 9.72 Å². The monoisotopic (exact) mass is 510 g/mol. The van der Waals surface area contributed by atoms with Gasteiger partial charge < -0.3 is 10.1 Å². The van der Waals surface area contributed by atoms with Crippen molar-refractivity contribution >= 4 is 38.2 Å². The van der Waals surface area contributed by atoms with E-state index in [0.29, 0.717) is 23.2 Å². The van der Waals surface area contributed by atoms with E-state index in [1.165, 1.54) is 68.3 Å². The summed E-state index contributed by atoms with van der Waals surface area (Å²) in [4.78, 5) is 18.4. The van der Waals surface area contributed by atoms with Crippen LogP contribution in [0.3, 0.4) is 0 Å². The normalized spacial score (nSPS) is 24.6. The molecule has 0 spiro atoms. The molecule has 4 nitrogen and oxygen atoms in total. The smallest absolute Gasteiger partial charge is 0.265 e. The second kappa shape index (κ2) is 9.43. The van der Waals surface area contributed by atoms with Gasteiger partial charge in [-0.1, -0.05) is 49.9 Å². The van der Waals surface area contributed by atoms with E-state index in [-0.39, 0.29) is 11.9 Å². The first kappa shape index (κ1) is 23.2. The van der Waals surface area contributed by atoms with Crippen LogP contribution < -0.4 is 10.1 Å². The Balaban J connectivity index is 1.14. The number of fused-ring (bicyclic) bond motifs is 5. The highest BCUT2D eigenvalue weighted by atomic mass is 32.1. The minimum Gasteiger partial charge on any atom is -0.489 e. The summed E-state index contributed by atoms with van der Waals surface area (Å²) in [7, 11) is 0. The lowest BCUT2D eigenvalue weighted by molar-refractivity contribution is 0.0946. The number of ether oxygens (including phenoxy) is 1. The molecule has 2 fully saturated rings. The summed E-state index contributed by atoms with van der Waals surface area (Å²) < 4.78 is 7.17. The van der Waals surface area contributed by atoms with Gasteiger partial charge in [-0.25, -0.2) is 4.98 Å². The number of nitrogens with one attached hydrogen (secondary N) is 1. The largest absolute Gasteiger partial charge is 0.489 e. The van der Waals surface area contributed by atoms with E-state index >= 15 is 0 Å². The molecule has 1 atom stereocenters. The van der Waals surface area contributed by atoms with Gasteiger partial charge in [0.2, 0.25) is 0 Å². The van der Waals surface area contributed by atoms with Crippen LogP contribution in [0.4, 0.5) is 0 Å². The fourth-order valence-corrected chi connectivity index (χ4v) is 8.11. The Kier molecular flexibility index (Phi) is 5.92. The van der Waals surface area contributed by atoms with Gasteiger partial charge >= 0.3 is 0 Å². The van der Waals surface area contributed by atoms with Crippen molar-refractivity contribution in [2.45, 2.75) is 70.3 Å². The van der Waals surface area contributed by atoms with Crippen molar-refractivity contribution in [3.8, 4) is 17.0 Å². The Bertz CT molecular complexity index is 1460. The number of carbonyl (C=O) groups is 1. The highest BCUT2D eigenvalue weighted by molar-refractivity contribution is 7.21.